The van der Waals surface area contributed by atoms with Gasteiger partial charge in [0.15, 0.2) is 0 Å². The molecular weight excluding hydrogens is 192 g/mol. The quantitative estimate of drug-likeness (QED) is 0.489. The zero-order valence-electron chi connectivity index (χ0n) is 8.16. The number of thiol groups is 1. The average molecular weight is 208 g/mol. The highest BCUT2D eigenvalue weighted by Crippen LogP contribution is 2.26. The van der Waals surface area contributed by atoms with Crippen molar-refractivity contribution in [1.82, 2.24) is 5.32 Å². The van der Waals surface area contributed by atoms with Crippen LogP contribution in [0, 0.1) is 0 Å². The average Bonchev–Trinajstić information content (AvgIpc) is 2.23. The van der Waals surface area contributed by atoms with Crippen LogP contribution in [-0.4, -0.2) is 6.54 Å². The first-order chi connectivity index (χ1) is 6.77. The maximum Gasteiger partial charge on any atom is 0.0449 e. The van der Waals surface area contributed by atoms with Crippen LogP contribution in [0.3, 0.4) is 0 Å². The number of hydrogen-bond donors (Lipinski definition) is 3. The molecule has 0 aliphatic carbocycles. The Morgan fingerprint density at radius 2 is 2.21 bits per heavy atom. The molecule has 3 N–H and O–H groups in total. The van der Waals surface area contributed by atoms with Crippen molar-refractivity contribution in [3.63, 3.8) is 0 Å². The number of benzene rings is 1. The van der Waals surface area contributed by atoms with Crippen molar-refractivity contribution in [2.45, 2.75) is 30.2 Å². The normalized spacial score (nSPS) is 22.2. The van der Waals surface area contributed by atoms with Crippen molar-refractivity contribution in [3.05, 3.63) is 23.8 Å². The van der Waals surface area contributed by atoms with Gasteiger partial charge in [-0.3, -0.25) is 0 Å². The smallest absolute Gasteiger partial charge is 0.0449 e. The highest BCUT2D eigenvalue weighted by atomic mass is 32.1. The van der Waals surface area contributed by atoms with Crippen molar-refractivity contribution in [3.8, 4) is 0 Å². The molecule has 3 heteroatoms. The summed E-state index contributed by atoms with van der Waals surface area (Å²) in [5.41, 5.74) is 7.79. The monoisotopic (exact) mass is 208 g/mol. The van der Waals surface area contributed by atoms with Crippen LogP contribution in [0.4, 0.5) is 5.69 Å². The van der Waals surface area contributed by atoms with E-state index in [0.29, 0.717) is 6.04 Å². The van der Waals surface area contributed by atoms with Gasteiger partial charge in [0, 0.05) is 16.6 Å². The Morgan fingerprint density at radius 1 is 1.36 bits per heavy atom. The second-order valence-corrected chi connectivity index (χ2v) is 4.30. The molecule has 1 aliphatic rings. The SMILES string of the molecule is Nc1ccc(C2CCCCN2)cc1S. The summed E-state index contributed by atoms with van der Waals surface area (Å²) in [5, 5.41) is 3.51. The summed E-state index contributed by atoms with van der Waals surface area (Å²) >= 11 is 4.33. The van der Waals surface area contributed by atoms with Crippen LogP contribution in [0.15, 0.2) is 23.1 Å². The highest BCUT2D eigenvalue weighted by Gasteiger charge is 2.14. The van der Waals surface area contributed by atoms with Crippen LogP contribution in [-0.2, 0) is 0 Å². The number of nitrogen functional groups attached to an aromatic ring is 1. The van der Waals surface area contributed by atoms with E-state index in [1.165, 1.54) is 24.8 Å². The lowest BCUT2D eigenvalue weighted by molar-refractivity contribution is 0.412. The highest BCUT2D eigenvalue weighted by molar-refractivity contribution is 7.80. The zero-order chi connectivity index (χ0) is 9.97. The molecule has 1 atom stereocenters. The van der Waals surface area contributed by atoms with Crippen LogP contribution >= 0.6 is 12.6 Å². The van der Waals surface area contributed by atoms with E-state index < -0.39 is 0 Å². The molecule has 0 radical (unpaired) electrons. The van der Waals surface area contributed by atoms with Gasteiger partial charge in [0.05, 0.1) is 0 Å². The Morgan fingerprint density at radius 3 is 2.86 bits per heavy atom. The van der Waals surface area contributed by atoms with Gasteiger partial charge in [-0.15, -0.1) is 12.6 Å². The molecule has 2 nitrogen and oxygen atoms in total. The van der Waals surface area contributed by atoms with E-state index in [1.807, 2.05) is 6.07 Å². The third-order valence-electron chi connectivity index (χ3n) is 2.77. The Kier molecular flexibility index (Phi) is 2.99. The largest absolute Gasteiger partial charge is 0.398 e. The molecule has 1 fully saturated rings. The maximum absolute atomic E-state index is 5.72. The van der Waals surface area contributed by atoms with Crippen LogP contribution in [0.2, 0.25) is 0 Å². The van der Waals surface area contributed by atoms with E-state index in [-0.39, 0.29) is 0 Å². The van der Waals surface area contributed by atoms with Gasteiger partial charge in [-0.25, -0.2) is 0 Å². The molecule has 0 amide bonds. The molecule has 0 saturated carbocycles. The van der Waals surface area contributed by atoms with Crippen molar-refractivity contribution in [2.24, 2.45) is 0 Å². The van der Waals surface area contributed by atoms with Crippen LogP contribution in [0.1, 0.15) is 30.9 Å². The fourth-order valence-electron chi connectivity index (χ4n) is 1.91. The van der Waals surface area contributed by atoms with E-state index >= 15 is 0 Å². The van der Waals surface area contributed by atoms with E-state index in [2.05, 4.69) is 30.1 Å². The lowest BCUT2D eigenvalue weighted by atomic mass is 9.97. The molecule has 76 valence electrons. The van der Waals surface area contributed by atoms with Gasteiger partial charge in [-0.05, 0) is 37.1 Å². The van der Waals surface area contributed by atoms with Crippen molar-refractivity contribution < 1.29 is 0 Å². The Hall–Kier alpha value is -0.670. The topological polar surface area (TPSA) is 38.0 Å². The number of piperidine rings is 1. The summed E-state index contributed by atoms with van der Waals surface area (Å²) in [6, 6.07) is 6.60. The molecule has 1 aliphatic heterocycles. The lowest BCUT2D eigenvalue weighted by Gasteiger charge is -2.24. The number of nitrogens with one attached hydrogen (secondary N) is 1. The van der Waals surface area contributed by atoms with Crippen molar-refractivity contribution >= 4 is 18.3 Å². The first-order valence-electron chi connectivity index (χ1n) is 5.09. The second-order valence-electron chi connectivity index (χ2n) is 3.82. The minimum Gasteiger partial charge on any atom is -0.398 e. The molecule has 1 aromatic rings. The molecule has 1 saturated heterocycles. The number of hydrogen-bond acceptors (Lipinski definition) is 3. The van der Waals surface area contributed by atoms with Gasteiger partial charge in [-0.2, -0.15) is 0 Å². The molecule has 1 heterocycles. The fraction of sp³-hybridized carbons (Fsp3) is 0.455. The summed E-state index contributed by atoms with van der Waals surface area (Å²) < 4.78 is 0. The molecule has 1 unspecified atom stereocenters. The van der Waals surface area contributed by atoms with Gasteiger partial charge in [-0.1, -0.05) is 12.5 Å². The predicted molar refractivity (Wildman–Crippen MR) is 62.7 cm³/mol. The van der Waals surface area contributed by atoms with Gasteiger partial charge < -0.3 is 11.1 Å². The van der Waals surface area contributed by atoms with Gasteiger partial charge in [0.25, 0.3) is 0 Å². The van der Waals surface area contributed by atoms with E-state index in [4.69, 9.17) is 5.73 Å². The van der Waals surface area contributed by atoms with Crippen LogP contribution < -0.4 is 11.1 Å². The standard InChI is InChI=1S/C11H16N2S/c12-9-5-4-8(7-11(9)14)10-3-1-2-6-13-10/h4-5,7,10,13-14H,1-3,6,12H2. The lowest BCUT2D eigenvalue weighted by Crippen LogP contribution is -2.26. The molecule has 2 rings (SSSR count). The Labute approximate surface area is 90.3 Å². The molecule has 1 aromatic carbocycles. The first-order valence-corrected chi connectivity index (χ1v) is 5.54. The van der Waals surface area contributed by atoms with Crippen LogP contribution in [0.25, 0.3) is 0 Å². The summed E-state index contributed by atoms with van der Waals surface area (Å²) in [6.07, 6.45) is 3.82. The summed E-state index contributed by atoms with van der Waals surface area (Å²) in [5.74, 6) is 0. The number of nitrogens with two attached hydrogens (primary N) is 1. The van der Waals surface area contributed by atoms with Crippen molar-refractivity contribution in [2.75, 3.05) is 12.3 Å². The minimum atomic E-state index is 0.496. The molecular formula is C11H16N2S. The molecule has 14 heavy (non-hydrogen) atoms. The maximum atomic E-state index is 5.72. The predicted octanol–water partition coefficient (Wildman–Crippen LogP) is 2.37. The Balaban J connectivity index is 2.18. The van der Waals surface area contributed by atoms with Gasteiger partial charge in [0.2, 0.25) is 0 Å². The second kappa shape index (κ2) is 4.24. The third kappa shape index (κ3) is 2.04. The first kappa shape index (κ1) is 9.87. The van der Waals surface area contributed by atoms with Crippen molar-refractivity contribution in [1.29, 1.82) is 0 Å². The van der Waals surface area contributed by atoms with Crippen LogP contribution in [0.5, 0.6) is 0 Å². The Bertz CT molecular complexity index is 319. The molecule has 0 bridgehead atoms. The van der Waals surface area contributed by atoms with E-state index in [9.17, 15) is 0 Å². The van der Waals surface area contributed by atoms with Gasteiger partial charge in [0.1, 0.15) is 0 Å². The summed E-state index contributed by atoms with van der Waals surface area (Å²) in [7, 11) is 0. The van der Waals surface area contributed by atoms with E-state index in [0.717, 1.165) is 17.1 Å². The van der Waals surface area contributed by atoms with Gasteiger partial charge >= 0.3 is 0 Å². The summed E-state index contributed by atoms with van der Waals surface area (Å²) in [6.45, 7) is 1.12. The van der Waals surface area contributed by atoms with E-state index in [1.54, 1.807) is 0 Å². The molecule has 0 spiro atoms. The number of rotatable bonds is 1. The number of anilines is 1. The minimum absolute atomic E-state index is 0.496. The molecule has 0 aromatic heterocycles. The third-order valence-corrected chi connectivity index (χ3v) is 3.15. The fourth-order valence-corrected chi connectivity index (χ4v) is 2.14. The zero-order valence-corrected chi connectivity index (χ0v) is 9.06. The summed E-state index contributed by atoms with van der Waals surface area (Å²) in [4.78, 5) is 0.884.